The van der Waals surface area contributed by atoms with Crippen molar-refractivity contribution in [3.63, 3.8) is 0 Å². The van der Waals surface area contributed by atoms with E-state index >= 15 is 0 Å². The Morgan fingerprint density at radius 3 is 2.48 bits per heavy atom. The van der Waals surface area contributed by atoms with Gasteiger partial charge in [-0.15, -0.1) is 0 Å². The van der Waals surface area contributed by atoms with Crippen LogP contribution in [0.15, 0.2) is 77.2 Å². The normalized spacial score (nSPS) is 10.8. The molecule has 0 aliphatic rings. The maximum atomic E-state index is 9.61. The third-order valence-electron chi connectivity index (χ3n) is 3.59. The van der Waals surface area contributed by atoms with E-state index in [1.165, 1.54) is 0 Å². The van der Waals surface area contributed by atoms with E-state index in [-0.39, 0.29) is 5.75 Å². The molecule has 4 heteroatoms. The molecule has 0 spiro atoms. The molecule has 112 valence electrons. The van der Waals surface area contributed by atoms with Crippen molar-refractivity contribution >= 4 is 22.8 Å². The molecule has 0 radical (unpaired) electrons. The molecule has 0 saturated heterocycles. The van der Waals surface area contributed by atoms with E-state index in [2.05, 4.69) is 10.3 Å². The lowest BCUT2D eigenvalue weighted by Gasteiger charge is -2.01. The van der Waals surface area contributed by atoms with Crippen molar-refractivity contribution in [3.8, 4) is 16.9 Å². The van der Waals surface area contributed by atoms with Crippen LogP contribution in [0.2, 0.25) is 0 Å². The number of hydrogen-bond acceptors (Lipinski definition) is 4. The lowest BCUT2D eigenvalue weighted by Crippen LogP contribution is -1.88. The van der Waals surface area contributed by atoms with E-state index in [0.29, 0.717) is 11.6 Å². The zero-order valence-corrected chi connectivity index (χ0v) is 12.2. The molecule has 0 unspecified atom stereocenters. The molecular formula is C19H14N2O2. The molecule has 1 heterocycles. The molecule has 2 N–H and O–H groups in total. The predicted octanol–water partition coefficient (Wildman–Crippen LogP) is 4.94. The van der Waals surface area contributed by atoms with Gasteiger partial charge in [-0.1, -0.05) is 36.4 Å². The number of anilines is 2. The largest absolute Gasteiger partial charge is 0.508 e. The second-order valence-electron chi connectivity index (χ2n) is 5.24. The SMILES string of the molecule is Oc1cccc(-c2ccc3oc(Nc4ccccc4)nc3c2)c1. The van der Waals surface area contributed by atoms with E-state index in [0.717, 1.165) is 22.3 Å². The van der Waals surface area contributed by atoms with Crippen LogP contribution in [0.25, 0.3) is 22.2 Å². The molecule has 0 bridgehead atoms. The zero-order valence-electron chi connectivity index (χ0n) is 12.2. The Labute approximate surface area is 133 Å². The molecule has 4 rings (SSSR count). The molecule has 23 heavy (non-hydrogen) atoms. The summed E-state index contributed by atoms with van der Waals surface area (Å²) in [6.45, 7) is 0. The van der Waals surface area contributed by atoms with Crippen molar-refractivity contribution in [2.24, 2.45) is 0 Å². The maximum Gasteiger partial charge on any atom is 0.300 e. The Morgan fingerprint density at radius 2 is 1.65 bits per heavy atom. The number of rotatable bonds is 3. The van der Waals surface area contributed by atoms with Gasteiger partial charge in [0.25, 0.3) is 6.01 Å². The smallest absolute Gasteiger partial charge is 0.300 e. The fourth-order valence-electron chi connectivity index (χ4n) is 2.49. The highest BCUT2D eigenvalue weighted by Crippen LogP contribution is 2.28. The number of nitrogens with one attached hydrogen (secondary N) is 1. The van der Waals surface area contributed by atoms with Crippen molar-refractivity contribution in [2.45, 2.75) is 0 Å². The summed E-state index contributed by atoms with van der Waals surface area (Å²) in [4.78, 5) is 4.48. The van der Waals surface area contributed by atoms with Crippen LogP contribution < -0.4 is 5.32 Å². The van der Waals surface area contributed by atoms with Gasteiger partial charge in [0.2, 0.25) is 0 Å². The van der Waals surface area contributed by atoms with Crippen LogP contribution in [0.3, 0.4) is 0 Å². The van der Waals surface area contributed by atoms with Gasteiger partial charge in [-0.3, -0.25) is 0 Å². The minimum absolute atomic E-state index is 0.245. The van der Waals surface area contributed by atoms with Gasteiger partial charge >= 0.3 is 0 Å². The van der Waals surface area contributed by atoms with Crippen LogP contribution in [-0.2, 0) is 0 Å². The molecule has 4 aromatic rings. The van der Waals surface area contributed by atoms with Crippen LogP contribution >= 0.6 is 0 Å². The second kappa shape index (κ2) is 5.50. The monoisotopic (exact) mass is 302 g/mol. The van der Waals surface area contributed by atoms with Crippen molar-refractivity contribution in [1.82, 2.24) is 4.98 Å². The minimum atomic E-state index is 0.245. The van der Waals surface area contributed by atoms with Gasteiger partial charge in [0.15, 0.2) is 5.58 Å². The summed E-state index contributed by atoms with van der Waals surface area (Å²) in [6, 6.07) is 23.2. The molecular weight excluding hydrogens is 288 g/mol. The Hall–Kier alpha value is -3.27. The number of hydrogen-bond donors (Lipinski definition) is 2. The number of aromatic nitrogens is 1. The van der Waals surface area contributed by atoms with E-state index in [1.54, 1.807) is 12.1 Å². The Bertz CT molecular complexity index is 961. The predicted molar refractivity (Wildman–Crippen MR) is 90.8 cm³/mol. The molecule has 0 fully saturated rings. The molecule has 4 nitrogen and oxygen atoms in total. The Kier molecular flexibility index (Phi) is 3.20. The first-order valence-electron chi connectivity index (χ1n) is 7.30. The summed E-state index contributed by atoms with van der Waals surface area (Å²) in [5, 5.41) is 12.8. The summed E-state index contributed by atoms with van der Waals surface area (Å²) < 4.78 is 5.71. The lowest BCUT2D eigenvalue weighted by atomic mass is 10.1. The van der Waals surface area contributed by atoms with Crippen LogP contribution in [0.4, 0.5) is 11.7 Å². The number of fused-ring (bicyclic) bond motifs is 1. The molecule has 0 amide bonds. The van der Waals surface area contributed by atoms with Crippen molar-refractivity contribution in [2.75, 3.05) is 5.32 Å². The summed E-state index contributed by atoms with van der Waals surface area (Å²) in [5.74, 6) is 0.245. The number of phenolic OH excluding ortho intramolecular Hbond substituents is 1. The topological polar surface area (TPSA) is 58.3 Å². The first-order chi connectivity index (χ1) is 11.3. The average Bonchev–Trinajstić information content (AvgIpc) is 2.97. The number of phenols is 1. The number of aromatic hydroxyl groups is 1. The number of benzene rings is 3. The number of para-hydroxylation sites is 1. The Balaban J connectivity index is 1.69. The molecule has 1 aromatic heterocycles. The molecule has 0 saturated carbocycles. The van der Waals surface area contributed by atoms with Gasteiger partial charge < -0.3 is 14.8 Å². The quantitative estimate of drug-likeness (QED) is 0.562. The highest BCUT2D eigenvalue weighted by molar-refractivity contribution is 5.82. The van der Waals surface area contributed by atoms with Crippen LogP contribution in [-0.4, -0.2) is 10.1 Å². The third-order valence-corrected chi connectivity index (χ3v) is 3.59. The highest BCUT2D eigenvalue weighted by atomic mass is 16.4. The van der Waals surface area contributed by atoms with E-state index in [9.17, 15) is 5.11 Å². The van der Waals surface area contributed by atoms with Gasteiger partial charge in [0.05, 0.1) is 0 Å². The van der Waals surface area contributed by atoms with Crippen LogP contribution in [0, 0.1) is 0 Å². The van der Waals surface area contributed by atoms with Crippen molar-refractivity contribution in [3.05, 3.63) is 72.8 Å². The van der Waals surface area contributed by atoms with E-state index in [4.69, 9.17) is 4.42 Å². The lowest BCUT2D eigenvalue weighted by molar-refractivity contribution is 0.475. The fourth-order valence-corrected chi connectivity index (χ4v) is 2.49. The summed E-state index contributed by atoms with van der Waals surface area (Å²) >= 11 is 0. The van der Waals surface area contributed by atoms with Gasteiger partial charge in [-0.25, -0.2) is 0 Å². The van der Waals surface area contributed by atoms with Gasteiger partial charge in [0.1, 0.15) is 11.3 Å². The number of nitrogens with zero attached hydrogens (tertiary/aromatic N) is 1. The Morgan fingerprint density at radius 1 is 0.826 bits per heavy atom. The first-order valence-corrected chi connectivity index (χ1v) is 7.30. The average molecular weight is 302 g/mol. The molecule has 3 aromatic carbocycles. The first kappa shape index (κ1) is 13.4. The van der Waals surface area contributed by atoms with Crippen molar-refractivity contribution in [1.29, 1.82) is 0 Å². The van der Waals surface area contributed by atoms with Crippen molar-refractivity contribution < 1.29 is 9.52 Å². The van der Waals surface area contributed by atoms with Crippen LogP contribution in [0.1, 0.15) is 0 Å². The van der Waals surface area contributed by atoms with Gasteiger partial charge in [-0.05, 0) is 47.5 Å². The van der Waals surface area contributed by atoms with Gasteiger partial charge in [-0.2, -0.15) is 4.98 Å². The summed E-state index contributed by atoms with van der Waals surface area (Å²) in [7, 11) is 0. The van der Waals surface area contributed by atoms with E-state index in [1.807, 2.05) is 60.7 Å². The summed E-state index contributed by atoms with van der Waals surface area (Å²) in [6.07, 6.45) is 0. The van der Waals surface area contributed by atoms with Crippen LogP contribution in [0.5, 0.6) is 5.75 Å². The number of oxazole rings is 1. The molecule has 0 atom stereocenters. The maximum absolute atomic E-state index is 9.61. The zero-order chi connectivity index (χ0) is 15.6. The standard InChI is InChI=1S/C19H14N2O2/c22-16-8-4-5-13(11-16)14-9-10-18-17(12-14)21-19(23-18)20-15-6-2-1-3-7-15/h1-12,22H,(H,20,21). The molecule has 0 aliphatic heterocycles. The van der Waals surface area contributed by atoms with Gasteiger partial charge in [0, 0.05) is 5.69 Å². The highest BCUT2D eigenvalue weighted by Gasteiger charge is 2.08. The minimum Gasteiger partial charge on any atom is -0.508 e. The summed E-state index contributed by atoms with van der Waals surface area (Å²) in [5.41, 5.74) is 4.32. The van der Waals surface area contributed by atoms with E-state index < -0.39 is 0 Å². The fraction of sp³-hybridized carbons (Fsp3) is 0. The second-order valence-corrected chi connectivity index (χ2v) is 5.24. The third kappa shape index (κ3) is 2.74. The molecule has 0 aliphatic carbocycles.